The van der Waals surface area contributed by atoms with Gasteiger partial charge in [-0.2, -0.15) is 5.26 Å². The van der Waals surface area contributed by atoms with E-state index in [1.165, 1.54) is 11.1 Å². The lowest BCUT2D eigenvalue weighted by Crippen LogP contribution is -2.35. The van der Waals surface area contributed by atoms with Crippen LogP contribution in [0.3, 0.4) is 0 Å². The highest BCUT2D eigenvalue weighted by atomic mass is 32.1. The van der Waals surface area contributed by atoms with Crippen LogP contribution in [0.1, 0.15) is 11.1 Å². The first-order valence-corrected chi connectivity index (χ1v) is 12.2. The molecule has 7 heteroatoms. The van der Waals surface area contributed by atoms with E-state index in [1.54, 1.807) is 17.5 Å². The summed E-state index contributed by atoms with van der Waals surface area (Å²) in [5.41, 5.74) is 5.87. The lowest BCUT2D eigenvalue weighted by atomic mass is 10.0. The van der Waals surface area contributed by atoms with Crippen molar-refractivity contribution in [3.05, 3.63) is 78.1 Å². The monoisotopic (exact) mass is 465 g/mol. The molecule has 1 aliphatic rings. The second-order valence-electron chi connectivity index (χ2n) is 8.44. The van der Waals surface area contributed by atoms with Gasteiger partial charge in [-0.1, -0.05) is 24.3 Å². The Balaban J connectivity index is 1.40. The standard InChI is InChI=1S/C27H23N5OS/c28-15-20-16-30-27-23(26(20)31-21-5-6-24-18(13-21)7-8-29-24)14-25(34-27)22-4-2-1-3-19(22)17-32-9-11-33-12-10-32/h1-8,13-14,16,29H,9-12,17H2,(H,30,31). The Morgan fingerprint density at radius 3 is 2.88 bits per heavy atom. The molecule has 0 saturated carbocycles. The molecule has 6 rings (SSSR count). The summed E-state index contributed by atoms with van der Waals surface area (Å²) in [7, 11) is 0. The van der Waals surface area contributed by atoms with Gasteiger partial charge in [0, 0.05) is 58.9 Å². The Labute approximate surface area is 201 Å². The van der Waals surface area contributed by atoms with Gasteiger partial charge in [0.2, 0.25) is 0 Å². The molecule has 1 aliphatic heterocycles. The second kappa shape index (κ2) is 8.92. The average molecular weight is 466 g/mol. The highest BCUT2D eigenvalue weighted by Gasteiger charge is 2.17. The Kier molecular flexibility index (Phi) is 5.47. The van der Waals surface area contributed by atoms with Gasteiger partial charge in [0.05, 0.1) is 24.5 Å². The van der Waals surface area contributed by atoms with Crippen molar-refractivity contribution in [2.24, 2.45) is 0 Å². The number of fused-ring (bicyclic) bond motifs is 2. The molecule has 2 aromatic carbocycles. The Morgan fingerprint density at radius 1 is 1.12 bits per heavy atom. The van der Waals surface area contributed by atoms with E-state index in [4.69, 9.17) is 4.74 Å². The number of thiophene rings is 1. The molecule has 0 atom stereocenters. The van der Waals surface area contributed by atoms with Crippen molar-refractivity contribution >= 4 is 43.8 Å². The van der Waals surface area contributed by atoms with Gasteiger partial charge in [-0.3, -0.25) is 4.90 Å². The number of benzene rings is 2. The zero-order valence-corrected chi connectivity index (χ0v) is 19.4. The minimum atomic E-state index is 0.535. The predicted octanol–water partition coefficient (Wildman–Crippen LogP) is 5.89. The summed E-state index contributed by atoms with van der Waals surface area (Å²) < 4.78 is 5.51. The number of ether oxygens (including phenoxy) is 1. The SMILES string of the molecule is N#Cc1cnc2sc(-c3ccccc3CN3CCOCC3)cc2c1Nc1ccc2[nH]ccc2c1. The van der Waals surface area contributed by atoms with Crippen LogP contribution in [0.25, 0.3) is 31.6 Å². The van der Waals surface area contributed by atoms with Crippen molar-refractivity contribution in [3.63, 3.8) is 0 Å². The van der Waals surface area contributed by atoms with Gasteiger partial charge in [0.25, 0.3) is 0 Å². The van der Waals surface area contributed by atoms with Crippen LogP contribution in [0.15, 0.2) is 67.0 Å². The van der Waals surface area contributed by atoms with Crippen molar-refractivity contribution in [1.82, 2.24) is 14.9 Å². The van der Waals surface area contributed by atoms with E-state index in [1.807, 2.05) is 24.4 Å². The summed E-state index contributed by atoms with van der Waals surface area (Å²) in [6.45, 7) is 4.37. The van der Waals surface area contributed by atoms with E-state index in [0.29, 0.717) is 5.56 Å². The number of nitriles is 1. The van der Waals surface area contributed by atoms with Gasteiger partial charge in [0.1, 0.15) is 10.9 Å². The third-order valence-corrected chi connectivity index (χ3v) is 7.36. The summed E-state index contributed by atoms with van der Waals surface area (Å²) in [5.74, 6) is 0. The second-order valence-corrected chi connectivity index (χ2v) is 9.47. The van der Waals surface area contributed by atoms with Crippen molar-refractivity contribution in [3.8, 4) is 16.5 Å². The molecule has 34 heavy (non-hydrogen) atoms. The van der Waals surface area contributed by atoms with Gasteiger partial charge in [0.15, 0.2) is 0 Å². The molecule has 6 nitrogen and oxygen atoms in total. The molecular formula is C27H23N5OS. The molecule has 0 unspecified atom stereocenters. The minimum Gasteiger partial charge on any atom is -0.379 e. The van der Waals surface area contributed by atoms with E-state index in [2.05, 4.69) is 62.7 Å². The maximum Gasteiger partial charge on any atom is 0.126 e. The van der Waals surface area contributed by atoms with Crippen molar-refractivity contribution in [2.75, 3.05) is 31.6 Å². The summed E-state index contributed by atoms with van der Waals surface area (Å²) in [6, 6.07) is 21.2. The van der Waals surface area contributed by atoms with Crippen LogP contribution in [-0.2, 0) is 11.3 Å². The van der Waals surface area contributed by atoms with Crippen LogP contribution in [0.5, 0.6) is 0 Å². The summed E-state index contributed by atoms with van der Waals surface area (Å²) >= 11 is 1.67. The van der Waals surface area contributed by atoms with Crippen LogP contribution in [0, 0.1) is 11.3 Å². The predicted molar refractivity (Wildman–Crippen MR) is 137 cm³/mol. The average Bonchev–Trinajstić information content (AvgIpc) is 3.52. The zero-order chi connectivity index (χ0) is 22.9. The molecule has 1 saturated heterocycles. The van der Waals surface area contributed by atoms with E-state index >= 15 is 0 Å². The fourth-order valence-electron chi connectivity index (χ4n) is 4.52. The largest absolute Gasteiger partial charge is 0.379 e. The fraction of sp³-hybridized carbons (Fsp3) is 0.185. The lowest BCUT2D eigenvalue weighted by molar-refractivity contribution is 0.0342. The topological polar surface area (TPSA) is 77.0 Å². The number of rotatable bonds is 5. The maximum absolute atomic E-state index is 9.80. The number of aromatic amines is 1. The summed E-state index contributed by atoms with van der Waals surface area (Å²) in [5, 5.41) is 15.4. The molecule has 0 bridgehead atoms. The first-order chi connectivity index (χ1) is 16.8. The van der Waals surface area contributed by atoms with E-state index < -0.39 is 0 Å². The van der Waals surface area contributed by atoms with Crippen LogP contribution in [-0.4, -0.2) is 41.2 Å². The first kappa shape index (κ1) is 20.9. The number of nitrogens with zero attached hydrogens (tertiary/aromatic N) is 3. The third-order valence-electron chi connectivity index (χ3n) is 6.29. The first-order valence-electron chi connectivity index (χ1n) is 11.3. The molecule has 0 spiro atoms. The molecule has 0 radical (unpaired) electrons. The lowest BCUT2D eigenvalue weighted by Gasteiger charge is -2.27. The molecule has 5 aromatic rings. The number of hydrogen-bond donors (Lipinski definition) is 2. The molecule has 168 valence electrons. The molecule has 3 aromatic heterocycles. The fourth-order valence-corrected chi connectivity index (χ4v) is 5.59. The van der Waals surface area contributed by atoms with E-state index in [9.17, 15) is 5.26 Å². The molecule has 0 amide bonds. The van der Waals surface area contributed by atoms with Crippen molar-refractivity contribution < 1.29 is 4.74 Å². The van der Waals surface area contributed by atoms with Crippen molar-refractivity contribution in [1.29, 1.82) is 5.26 Å². The quantitative estimate of drug-likeness (QED) is 0.338. The summed E-state index contributed by atoms with van der Waals surface area (Å²) in [4.78, 5) is 12.3. The molecule has 0 aliphatic carbocycles. The van der Waals surface area contributed by atoms with Gasteiger partial charge in [-0.25, -0.2) is 4.98 Å². The van der Waals surface area contributed by atoms with E-state index in [-0.39, 0.29) is 0 Å². The molecule has 1 fully saturated rings. The zero-order valence-electron chi connectivity index (χ0n) is 18.5. The highest BCUT2D eigenvalue weighted by molar-refractivity contribution is 7.22. The number of nitrogens with one attached hydrogen (secondary N) is 2. The van der Waals surface area contributed by atoms with Gasteiger partial charge in [-0.15, -0.1) is 11.3 Å². The van der Waals surface area contributed by atoms with Crippen LogP contribution in [0.4, 0.5) is 11.4 Å². The molecule has 2 N–H and O–H groups in total. The number of pyridine rings is 1. The van der Waals surface area contributed by atoms with E-state index in [0.717, 1.165) is 70.2 Å². The number of anilines is 2. The Hall–Kier alpha value is -3.70. The number of H-pyrrole nitrogens is 1. The number of aromatic nitrogens is 2. The Bertz CT molecular complexity index is 1520. The van der Waals surface area contributed by atoms with Crippen LogP contribution >= 0.6 is 11.3 Å². The minimum absolute atomic E-state index is 0.535. The smallest absolute Gasteiger partial charge is 0.126 e. The summed E-state index contributed by atoms with van der Waals surface area (Å²) in [6.07, 6.45) is 3.60. The normalized spacial score (nSPS) is 14.4. The van der Waals surface area contributed by atoms with Crippen LogP contribution in [0.2, 0.25) is 0 Å². The third kappa shape index (κ3) is 3.93. The molecular weight excluding hydrogens is 442 g/mol. The van der Waals surface area contributed by atoms with Crippen molar-refractivity contribution in [2.45, 2.75) is 6.54 Å². The highest BCUT2D eigenvalue weighted by Crippen LogP contribution is 2.40. The Morgan fingerprint density at radius 2 is 2.00 bits per heavy atom. The molecule has 4 heterocycles. The number of hydrogen-bond acceptors (Lipinski definition) is 6. The number of morpholine rings is 1. The van der Waals surface area contributed by atoms with Crippen LogP contribution < -0.4 is 5.32 Å². The van der Waals surface area contributed by atoms with Gasteiger partial charge in [-0.05, 0) is 41.5 Å². The van der Waals surface area contributed by atoms with Gasteiger partial charge < -0.3 is 15.0 Å². The maximum atomic E-state index is 9.80. The van der Waals surface area contributed by atoms with Gasteiger partial charge >= 0.3 is 0 Å².